The molecule has 1 atom stereocenters. The van der Waals surface area contributed by atoms with Gasteiger partial charge in [0.25, 0.3) is 0 Å². The first-order valence-corrected chi connectivity index (χ1v) is 7.06. The maximum absolute atomic E-state index is 12.0. The Morgan fingerprint density at radius 1 is 1.45 bits per heavy atom. The van der Waals surface area contributed by atoms with Crippen molar-refractivity contribution < 1.29 is 9.53 Å². The van der Waals surface area contributed by atoms with Crippen molar-refractivity contribution in [2.24, 2.45) is 0 Å². The van der Waals surface area contributed by atoms with Gasteiger partial charge < -0.3 is 10.1 Å². The molecule has 4 heteroatoms. The molecule has 2 rings (SSSR count). The van der Waals surface area contributed by atoms with Crippen molar-refractivity contribution in [1.82, 2.24) is 5.32 Å². The second kappa shape index (κ2) is 6.95. The molecule has 0 spiro atoms. The Morgan fingerprint density at radius 2 is 2.15 bits per heavy atom. The van der Waals surface area contributed by atoms with Crippen LogP contribution in [0.4, 0.5) is 0 Å². The molecule has 1 aliphatic carbocycles. The molecule has 106 valence electrons. The van der Waals surface area contributed by atoms with Crippen LogP contribution in [0.5, 0.6) is 5.75 Å². The standard InChI is InChI=1S/C16H20N2O2/c1-20-15-9-5-4-8-14(15)12(11-17)10-16(19)18-13-6-2-3-7-13/h4-5,8-9,12-13H,2-3,6-7,10H2,1H3,(H,18,19). The Balaban J connectivity index is 2.01. The fraction of sp³-hybridized carbons (Fsp3) is 0.500. The van der Waals surface area contributed by atoms with Gasteiger partial charge in [-0.3, -0.25) is 4.79 Å². The van der Waals surface area contributed by atoms with Crippen molar-refractivity contribution in [1.29, 1.82) is 5.26 Å². The predicted molar refractivity (Wildman–Crippen MR) is 76.4 cm³/mol. The minimum atomic E-state index is -0.465. The summed E-state index contributed by atoms with van der Waals surface area (Å²) in [4.78, 5) is 12.0. The fourth-order valence-electron chi connectivity index (χ4n) is 2.72. The molecule has 1 aromatic rings. The summed E-state index contributed by atoms with van der Waals surface area (Å²) in [5.41, 5.74) is 0.777. The molecule has 1 N–H and O–H groups in total. The van der Waals surface area contributed by atoms with Gasteiger partial charge in [0.15, 0.2) is 0 Å². The van der Waals surface area contributed by atoms with Crippen molar-refractivity contribution >= 4 is 5.91 Å². The molecule has 1 fully saturated rings. The minimum absolute atomic E-state index is 0.0469. The van der Waals surface area contributed by atoms with Crippen LogP contribution in [0.2, 0.25) is 0 Å². The molecule has 0 bridgehead atoms. The van der Waals surface area contributed by atoms with Crippen molar-refractivity contribution in [2.75, 3.05) is 7.11 Å². The van der Waals surface area contributed by atoms with Crippen LogP contribution in [0.25, 0.3) is 0 Å². The van der Waals surface area contributed by atoms with Gasteiger partial charge in [0.1, 0.15) is 5.75 Å². The molecule has 1 aliphatic rings. The number of amides is 1. The summed E-state index contributed by atoms with van der Waals surface area (Å²) in [6, 6.07) is 9.87. The largest absolute Gasteiger partial charge is 0.496 e. The molecule has 0 radical (unpaired) electrons. The lowest BCUT2D eigenvalue weighted by molar-refractivity contribution is -0.121. The first-order valence-electron chi connectivity index (χ1n) is 7.06. The Kier molecular flexibility index (Phi) is 5.00. The zero-order chi connectivity index (χ0) is 14.4. The third-order valence-corrected chi connectivity index (χ3v) is 3.78. The van der Waals surface area contributed by atoms with Gasteiger partial charge in [-0.05, 0) is 18.9 Å². The van der Waals surface area contributed by atoms with Gasteiger partial charge in [-0.15, -0.1) is 0 Å². The van der Waals surface area contributed by atoms with Crippen molar-refractivity contribution in [3.63, 3.8) is 0 Å². The van der Waals surface area contributed by atoms with E-state index in [1.807, 2.05) is 24.3 Å². The second-order valence-corrected chi connectivity index (χ2v) is 5.18. The highest BCUT2D eigenvalue weighted by molar-refractivity contribution is 5.78. The van der Waals surface area contributed by atoms with Crippen molar-refractivity contribution in [3.05, 3.63) is 29.8 Å². The van der Waals surface area contributed by atoms with Gasteiger partial charge in [0.2, 0.25) is 5.91 Å². The molecule has 4 nitrogen and oxygen atoms in total. The SMILES string of the molecule is COc1ccccc1C(C#N)CC(=O)NC1CCCC1. The van der Waals surface area contributed by atoms with Crippen LogP contribution >= 0.6 is 0 Å². The van der Waals surface area contributed by atoms with E-state index in [2.05, 4.69) is 11.4 Å². The first kappa shape index (κ1) is 14.4. The van der Waals surface area contributed by atoms with Crippen LogP contribution in [-0.4, -0.2) is 19.1 Å². The lowest BCUT2D eigenvalue weighted by atomic mass is 9.95. The Bertz CT molecular complexity index is 501. The van der Waals surface area contributed by atoms with E-state index in [4.69, 9.17) is 4.74 Å². The number of nitrogens with one attached hydrogen (secondary N) is 1. The number of rotatable bonds is 5. The minimum Gasteiger partial charge on any atom is -0.496 e. The third kappa shape index (κ3) is 3.51. The zero-order valence-corrected chi connectivity index (χ0v) is 11.8. The molecule has 1 unspecified atom stereocenters. The van der Waals surface area contributed by atoms with Gasteiger partial charge >= 0.3 is 0 Å². The number of nitriles is 1. The monoisotopic (exact) mass is 272 g/mol. The first-order chi connectivity index (χ1) is 9.74. The van der Waals surface area contributed by atoms with Gasteiger partial charge in [0.05, 0.1) is 19.1 Å². The summed E-state index contributed by atoms with van der Waals surface area (Å²) in [5, 5.41) is 12.3. The summed E-state index contributed by atoms with van der Waals surface area (Å²) in [6.45, 7) is 0. The van der Waals surface area contributed by atoms with Crippen molar-refractivity contribution in [2.45, 2.75) is 44.1 Å². The zero-order valence-electron chi connectivity index (χ0n) is 11.8. The molecule has 0 heterocycles. The average molecular weight is 272 g/mol. The highest BCUT2D eigenvalue weighted by Crippen LogP contribution is 2.28. The van der Waals surface area contributed by atoms with Gasteiger partial charge in [-0.25, -0.2) is 0 Å². The lowest BCUT2D eigenvalue weighted by Gasteiger charge is -2.16. The van der Waals surface area contributed by atoms with Crippen LogP contribution in [0, 0.1) is 11.3 Å². The summed E-state index contributed by atoms with van der Waals surface area (Å²) in [7, 11) is 1.58. The van der Waals surface area contributed by atoms with Crippen LogP contribution in [0.3, 0.4) is 0 Å². The van der Waals surface area contributed by atoms with Gasteiger partial charge in [0, 0.05) is 18.0 Å². The van der Waals surface area contributed by atoms with Gasteiger partial charge in [-0.2, -0.15) is 5.26 Å². The quantitative estimate of drug-likeness (QED) is 0.896. The predicted octanol–water partition coefficient (Wildman–Crippen LogP) is 2.75. The number of hydrogen-bond donors (Lipinski definition) is 1. The van der Waals surface area contributed by atoms with E-state index in [0.717, 1.165) is 18.4 Å². The lowest BCUT2D eigenvalue weighted by Crippen LogP contribution is -2.33. The fourth-order valence-corrected chi connectivity index (χ4v) is 2.72. The maximum Gasteiger partial charge on any atom is 0.221 e. The summed E-state index contributed by atoms with van der Waals surface area (Å²) in [6.07, 6.45) is 4.65. The van der Waals surface area contributed by atoms with E-state index in [0.29, 0.717) is 11.8 Å². The summed E-state index contributed by atoms with van der Waals surface area (Å²) in [5.74, 6) is 0.148. The molecular formula is C16H20N2O2. The van der Waals surface area contributed by atoms with Crippen LogP contribution in [0.1, 0.15) is 43.6 Å². The molecule has 0 aliphatic heterocycles. The van der Waals surface area contributed by atoms with E-state index in [1.54, 1.807) is 7.11 Å². The Morgan fingerprint density at radius 3 is 2.80 bits per heavy atom. The van der Waals surface area contributed by atoms with E-state index < -0.39 is 5.92 Å². The van der Waals surface area contributed by atoms with Crippen molar-refractivity contribution in [3.8, 4) is 11.8 Å². The number of carbonyl (C=O) groups excluding carboxylic acids is 1. The smallest absolute Gasteiger partial charge is 0.221 e. The van der Waals surface area contributed by atoms with E-state index in [1.165, 1.54) is 12.8 Å². The number of nitrogens with zero attached hydrogens (tertiary/aromatic N) is 1. The topological polar surface area (TPSA) is 62.1 Å². The van der Waals surface area contributed by atoms with Gasteiger partial charge in [-0.1, -0.05) is 31.0 Å². The molecule has 20 heavy (non-hydrogen) atoms. The third-order valence-electron chi connectivity index (χ3n) is 3.78. The summed E-state index contributed by atoms with van der Waals surface area (Å²) >= 11 is 0. The van der Waals surface area contributed by atoms with Crippen LogP contribution in [0.15, 0.2) is 24.3 Å². The average Bonchev–Trinajstić information content (AvgIpc) is 2.97. The number of methoxy groups -OCH3 is 1. The highest BCUT2D eigenvalue weighted by atomic mass is 16.5. The summed E-state index contributed by atoms with van der Waals surface area (Å²) < 4.78 is 5.26. The molecule has 0 aromatic heterocycles. The number of benzene rings is 1. The molecule has 1 saturated carbocycles. The van der Waals surface area contributed by atoms with Crippen LogP contribution < -0.4 is 10.1 Å². The van der Waals surface area contributed by atoms with E-state index in [-0.39, 0.29) is 12.3 Å². The number of para-hydroxylation sites is 1. The number of carbonyl (C=O) groups is 1. The number of ether oxygens (including phenoxy) is 1. The van der Waals surface area contributed by atoms with E-state index in [9.17, 15) is 10.1 Å². The normalized spacial score (nSPS) is 16.4. The molecule has 1 amide bonds. The molecular weight excluding hydrogens is 252 g/mol. The molecule has 1 aromatic carbocycles. The highest BCUT2D eigenvalue weighted by Gasteiger charge is 2.22. The number of hydrogen-bond acceptors (Lipinski definition) is 3. The second-order valence-electron chi connectivity index (χ2n) is 5.18. The van der Waals surface area contributed by atoms with Crippen LogP contribution in [-0.2, 0) is 4.79 Å². The Hall–Kier alpha value is -2.02. The Labute approximate surface area is 119 Å². The molecule has 0 saturated heterocycles. The van der Waals surface area contributed by atoms with E-state index >= 15 is 0 Å². The maximum atomic E-state index is 12.0.